The van der Waals surface area contributed by atoms with Gasteiger partial charge < -0.3 is 16.8 Å². The van der Waals surface area contributed by atoms with Crippen molar-refractivity contribution in [3.63, 3.8) is 0 Å². The van der Waals surface area contributed by atoms with E-state index < -0.39 is 5.91 Å². The number of nitrogen functional groups attached to an aromatic ring is 1. The van der Waals surface area contributed by atoms with Gasteiger partial charge >= 0.3 is 0 Å². The molecule has 2 heterocycles. The molecule has 0 aliphatic rings. The molecule has 2 aromatic heterocycles. The van der Waals surface area contributed by atoms with Crippen LogP contribution in [0.15, 0.2) is 23.6 Å². The van der Waals surface area contributed by atoms with Crippen molar-refractivity contribution in [1.29, 1.82) is 0 Å². The number of hydrogen-bond acceptors (Lipinski definition) is 5. The highest BCUT2D eigenvalue weighted by molar-refractivity contribution is 7.10. The quantitative estimate of drug-likeness (QED) is 0.778. The van der Waals surface area contributed by atoms with Crippen LogP contribution in [0, 0.1) is 0 Å². The highest BCUT2D eigenvalue weighted by Gasteiger charge is 2.08. The number of rotatable bonds is 5. The van der Waals surface area contributed by atoms with Gasteiger partial charge in [0.2, 0.25) is 0 Å². The Balaban J connectivity index is 2.15. The molecular formula is C13H16N4OS. The molecule has 2 rings (SSSR count). The molecule has 0 radical (unpaired) electrons. The highest BCUT2D eigenvalue weighted by atomic mass is 32.1. The lowest BCUT2D eigenvalue weighted by Crippen LogP contribution is -2.15. The Labute approximate surface area is 115 Å². The smallest absolute Gasteiger partial charge is 0.267 e. The Morgan fingerprint density at radius 1 is 1.42 bits per heavy atom. The summed E-state index contributed by atoms with van der Waals surface area (Å²) in [7, 11) is 0. The van der Waals surface area contributed by atoms with Crippen molar-refractivity contribution < 1.29 is 4.79 Å². The molecule has 19 heavy (non-hydrogen) atoms. The number of nitrogens with zero attached hydrogens (tertiary/aromatic N) is 1. The third-order valence-corrected chi connectivity index (χ3v) is 3.78. The fraction of sp³-hybridized carbons (Fsp3) is 0.231. The summed E-state index contributed by atoms with van der Waals surface area (Å²) in [4.78, 5) is 16.5. The van der Waals surface area contributed by atoms with Crippen LogP contribution in [0.2, 0.25) is 0 Å². The van der Waals surface area contributed by atoms with Crippen molar-refractivity contribution >= 4 is 28.7 Å². The standard InChI is InChI=1S/C13H16N4OS/c1-2-8-5-6-19-11(8)7-16-13-9(14)3-4-10(17-13)12(15)18/h3-6H,2,7,14H2,1H3,(H2,15,18)(H,16,17). The van der Waals surface area contributed by atoms with Crippen LogP contribution >= 0.6 is 11.3 Å². The molecule has 0 aromatic carbocycles. The van der Waals surface area contributed by atoms with Crippen LogP contribution in [0.4, 0.5) is 11.5 Å². The molecule has 0 fully saturated rings. The van der Waals surface area contributed by atoms with Crippen LogP contribution in [-0.2, 0) is 13.0 Å². The Morgan fingerprint density at radius 3 is 2.89 bits per heavy atom. The number of nitrogens with one attached hydrogen (secondary N) is 1. The monoisotopic (exact) mass is 276 g/mol. The number of primary amides is 1. The van der Waals surface area contributed by atoms with E-state index in [0.29, 0.717) is 18.1 Å². The van der Waals surface area contributed by atoms with E-state index in [0.717, 1.165) is 6.42 Å². The number of thiophene rings is 1. The van der Waals surface area contributed by atoms with E-state index in [1.807, 2.05) is 0 Å². The molecule has 5 nitrogen and oxygen atoms in total. The average Bonchev–Trinajstić information content (AvgIpc) is 2.85. The zero-order chi connectivity index (χ0) is 13.8. The van der Waals surface area contributed by atoms with Crippen LogP contribution < -0.4 is 16.8 Å². The fourth-order valence-corrected chi connectivity index (χ4v) is 2.67. The minimum atomic E-state index is -0.562. The molecule has 0 aliphatic carbocycles. The zero-order valence-electron chi connectivity index (χ0n) is 10.6. The maximum atomic E-state index is 11.1. The van der Waals surface area contributed by atoms with E-state index in [-0.39, 0.29) is 5.69 Å². The maximum Gasteiger partial charge on any atom is 0.267 e. The Kier molecular flexibility index (Phi) is 4.01. The van der Waals surface area contributed by atoms with E-state index in [1.54, 1.807) is 17.4 Å². The van der Waals surface area contributed by atoms with E-state index in [2.05, 4.69) is 28.7 Å². The number of aromatic nitrogens is 1. The lowest BCUT2D eigenvalue weighted by atomic mass is 10.2. The minimum Gasteiger partial charge on any atom is -0.396 e. The van der Waals surface area contributed by atoms with Crippen LogP contribution in [0.1, 0.15) is 27.9 Å². The number of aryl methyl sites for hydroxylation is 1. The lowest BCUT2D eigenvalue weighted by molar-refractivity contribution is 0.0996. The number of pyridine rings is 1. The van der Waals surface area contributed by atoms with Gasteiger partial charge in [-0.1, -0.05) is 6.92 Å². The first-order valence-electron chi connectivity index (χ1n) is 5.97. The molecule has 2 aromatic rings. The van der Waals surface area contributed by atoms with Crippen LogP contribution in [0.5, 0.6) is 0 Å². The second kappa shape index (κ2) is 5.71. The van der Waals surface area contributed by atoms with Crippen molar-refractivity contribution in [2.24, 2.45) is 5.73 Å². The predicted molar refractivity (Wildman–Crippen MR) is 78.2 cm³/mol. The first-order valence-corrected chi connectivity index (χ1v) is 6.85. The molecule has 100 valence electrons. The predicted octanol–water partition coefficient (Wildman–Crippen LogP) is 2.00. The van der Waals surface area contributed by atoms with Crippen LogP contribution in [0.3, 0.4) is 0 Å². The SMILES string of the molecule is CCc1ccsc1CNc1nc(C(N)=O)ccc1N. The molecule has 0 aliphatic heterocycles. The van der Waals surface area contributed by atoms with Gasteiger partial charge in [-0.15, -0.1) is 11.3 Å². The van der Waals surface area contributed by atoms with Gasteiger partial charge in [-0.2, -0.15) is 0 Å². The molecule has 0 unspecified atom stereocenters. The summed E-state index contributed by atoms with van der Waals surface area (Å²) in [6.45, 7) is 2.76. The number of carbonyl (C=O) groups is 1. The Morgan fingerprint density at radius 2 is 2.21 bits per heavy atom. The first kappa shape index (κ1) is 13.4. The normalized spacial score (nSPS) is 10.4. The molecular weight excluding hydrogens is 260 g/mol. The number of nitrogens with two attached hydrogens (primary N) is 2. The average molecular weight is 276 g/mol. The molecule has 0 atom stereocenters. The van der Waals surface area contributed by atoms with Gasteiger partial charge in [0, 0.05) is 4.88 Å². The lowest BCUT2D eigenvalue weighted by Gasteiger charge is -2.09. The van der Waals surface area contributed by atoms with Gasteiger partial charge in [0.05, 0.1) is 12.2 Å². The number of anilines is 2. The fourth-order valence-electron chi connectivity index (χ4n) is 1.75. The topological polar surface area (TPSA) is 94.0 Å². The number of hydrogen-bond donors (Lipinski definition) is 3. The molecule has 1 amide bonds. The molecule has 0 saturated heterocycles. The van der Waals surface area contributed by atoms with Crippen molar-refractivity contribution in [2.45, 2.75) is 19.9 Å². The minimum absolute atomic E-state index is 0.207. The summed E-state index contributed by atoms with van der Waals surface area (Å²) in [6.07, 6.45) is 0.991. The number of carbonyl (C=O) groups excluding carboxylic acids is 1. The second-order valence-corrected chi connectivity index (χ2v) is 5.08. The molecule has 5 N–H and O–H groups in total. The second-order valence-electron chi connectivity index (χ2n) is 4.07. The third kappa shape index (κ3) is 3.03. The summed E-state index contributed by atoms with van der Waals surface area (Å²) >= 11 is 1.69. The van der Waals surface area contributed by atoms with Gasteiger partial charge in [-0.05, 0) is 35.6 Å². The van der Waals surface area contributed by atoms with Crippen LogP contribution in [0.25, 0.3) is 0 Å². The molecule has 0 spiro atoms. The van der Waals surface area contributed by atoms with Crippen molar-refractivity contribution in [3.8, 4) is 0 Å². The molecule has 0 bridgehead atoms. The summed E-state index contributed by atoms with van der Waals surface area (Å²) in [5, 5.41) is 5.21. The van der Waals surface area contributed by atoms with E-state index in [1.165, 1.54) is 16.5 Å². The van der Waals surface area contributed by atoms with Crippen molar-refractivity contribution in [3.05, 3.63) is 39.7 Å². The molecule has 0 saturated carbocycles. The van der Waals surface area contributed by atoms with Crippen LogP contribution in [-0.4, -0.2) is 10.9 Å². The summed E-state index contributed by atoms with van der Waals surface area (Å²) in [5.41, 5.74) is 13.0. The maximum absolute atomic E-state index is 11.1. The summed E-state index contributed by atoms with van der Waals surface area (Å²) < 4.78 is 0. The summed E-state index contributed by atoms with van der Waals surface area (Å²) in [5.74, 6) is -0.0693. The van der Waals surface area contributed by atoms with Crippen molar-refractivity contribution in [2.75, 3.05) is 11.1 Å². The first-order chi connectivity index (χ1) is 9.11. The largest absolute Gasteiger partial charge is 0.396 e. The highest BCUT2D eigenvalue weighted by Crippen LogP contribution is 2.21. The van der Waals surface area contributed by atoms with E-state index >= 15 is 0 Å². The molecule has 6 heteroatoms. The Bertz CT molecular complexity index is 594. The van der Waals surface area contributed by atoms with Gasteiger partial charge in [0.25, 0.3) is 5.91 Å². The van der Waals surface area contributed by atoms with Gasteiger partial charge in [-0.3, -0.25) is 4.79 Å². The van der Waals surface area contributed by atoms with E-state index in [9.17, 15) is 4.79 Å². The number of amides is 1. The van der Waals surface area contributed by atoms with E-state index in [4.69, 9.17) is 11.5 Å². The van der Waals surface area contributed by atoms with Gasteiger partial charge in [-0.25, -0.2) is 4.98 Å². The van der Waals surface area contributed by atoms with Gasteiger partial charge in [0.15, 0.2) is 0 Å². The Hall–Kier alpha value is -2.08. The third-order valence-electron chi connectivity index (χ3n) is 2.81. The summed E-state index contributed by atoms with van der Waals surface area (Å²) in [6, 6.07) is 5.26. The van der Waals surface area contributed by atoms with Gasteiger partial charge in [0.1, 0.15) is 11.5 Å². The van der Waals surface area contributed by atoms with Crippen molar-refractivity contribution in [1.82, 2.24) is 4.98 Å². The zero-order valence-corrected chi connectivity index (χ0v) is 11.5.